The highest BCUT2D eigenvalue weighted by atomic mass is 35.5. The molecule has 1 aromatic heterocycles. The normalized spacial score (nSPS) is 17.2. The van der Waals surface area contributed by atoms with Crippen LogP contribution < -0.4 is 4.90 Å². The van der Waals surface area contributed by atoms with Crippen molar-refractivity contribution in [2.75, 3.05) is 11.4 Å². The molecule has 6 nitrogen and oxygen atoms in total. The second kappa shape index (κ2) is 6.30. The predicted molar refractivity (Wildman–Crippen MR) is 97.6 cm³/mol. The first-order valence-electron chi connectivity index (χ1n) is 7.81. The van der Waals surface area contributed by atoms with Gasteiger partial charge in [-0.05, 0) is 36.4 Å². The highest BCUT2D eigenvalue weighted by Gasteiger charge is 2.35. The number of fused-ring (bicyclic) bond motifs is 1. The summed E-state index contributed by atoms with van der Waals surface area (Å²) in [6.07, 6.45) is 0.0153. The van der Waals surface area contributed by atoms with Crippen molar-refractivity contribution in [1.29, 1.82) is 0 Å². The maximum Gasteiger partial charge on any atom is 0.308 e. The van der Waals surface area contributed by atoms with Crippen molar-refractivity contribution in [1.82, 2.24) is 4.98 Å². The molecule has 1 fully saturated rings. The maximum atomic E-state index is 12.0. The van der Waals surface area contributed by atoms with Gasteiger partial charge in [-0.1, -0.05) is 23.2 Å². The predicted octanol–water partition coefficient (Wildman–Crippen LogP) is 4.24. The van der Waals surface area contributed by atoms with Crippen LogP contribution in [0.4, 0.5) is 5.69 Å². The Balaban J connectivity index is 1.63. The van der Waals surface area contributed by atoms with Crippen LogP contribution in [0.5, 0.6) is 0 Å². The summed E-state index contributed by atoms with van der Waals surface area (Å²) in [5.74, 6) is -1.45. The molecular formula is C18H12Cl2N2O4. The van der Waals surface area contributed by atoms with Crippen LogP contribution in [0, 0.1) is 5.92 Å². The van der Waals surface area contributed by atoms with Gasteiger partial charge in [0.25, 0.3) is 0 Å². The van der Waals surface area contributed by atoms with E-state index in [1.165, 1.54) is 4.90 Å². The van der Waals surface area contributed by atoms with Crippen LogP contribution in [0.3, 0.4) is 0 Å². The largest absolute Gasteiger partial charge is 0.481 e. The minimum Gasteiger partial charge on any atom is -0.481 e. The lowest BCUT2D eigenvalue weighted by Gasteiger charge is -2.16. The summed E-state index contributed by atoms with van der Waals surface area (Å²) in [4.78, 5) is 29.0. The van der Waals surface area contributed by atoms with Crippen LogP contribution in [0.25, 0.3) is 22.6 Å². The number of halogens is 2. The van der Waals surface area contributed by atoms with Crippen LogP contribution in [0.1, 0.15) is 6.42 Å². The van der Waals surface area contributed by atoms with Crippen molar-refractivity contribution in [3.8, 4) is 11.5 Å². The molecule has 4 rings (SSSR count). The van der Waals surface area contributed by atoms with Crippen molar-refractivity contribution >= 4 is 51.9 Å². The molecule has 1 aliphatic rings. The number of hydrogen-bond acceptors (Lipinski definition) is 4. The number of rotatable bonds is 3. The third-order valence-corrected chi connectivity index (χ3v) is 4.81. The smallest absolute Gasteiger partial charge is 0.308 e. The van der Waals surface area contributed by atoms with E-state index in [2.05, 4.69) is 4.98 Å². The fourth-order valence-corrected chi connectivity index (χ4v) is 3.51. The second-order valence-electron chi connectivity index (χ2n) is 6.05. The number of aliphatic carboxylic acids is 1. The van der Waals surface area contributed by atoms with Gasteiger partial charge >= 0.3 is 5.97 Å². The molecule has 0 bridgehead atoms. The summed E-state index contributed by atoms with van der Waals surface area (Å²) in [7, 11) is 0. The van der Waals surface area contributed by atoms with Gasteiger partial charge < -0.3 is 14.4 Å². The van der Waals surface area contributed by atoms with Gasteiger partial charge in [0.1, 0.15) is 5.52 Å². The molecule has 0 saturated carbocycles. The molecule has 0 radical (unpaired) electrons. The molecular weight excluding hydrogens is 379 g/mol. The average molecular weight is 391 g/mol. The zero-order valence-corrected chi connectivity index (χ0v) is 14.8. The molecule has 8 heteroatoms. The van der Waals surface area contributed by atoms with Crippen molar-refractivity contribution < 1.29 is 19.1 Å². The van der Waals surface area contributed by atoms with E-state index in [1.54, 1.807) is 36.4 Å². The molecule has 2 heterocycles. The zero-order chi connectivity index (χ0) is 18.4. The van der Waals surface area contributed by atoms with E-state index in [9.17, 15) is 9.59 Å². The van der Waals surface area contributed by atoms with Crippen molar-refractivity contribution in [3.63, 3.8) is 0 Å². The van der Waals surface area contributed by atoms with Gasteiger partial charge in [-0.25, -0.2) is 4.98 Å². The third-order valence-electron chi connectivity index (χ3n) is 4.31. The van der Waals surface area contributed by atoms with Crippen LogP contribution in [-0.4, -0.2) is 28.5 Å². The van der Waals surface area contributed by atoms with Gasteiger partial charge in [0.05, 0.1) is 10.9 Å². The Bertz CT molecular complexity index is 1030. The summed E-state index contributed by atoms with van der Waals surface area (Å²) in [6.45, 7) is 0.171. The van der Waals surface area contributed by atoms with Crippen LogP contribution in [-0.2, 0) is 9.59 Å². The number of carboxylic acids is 1. The number of oxazole rings is 1. The van der Waals surface area contributed by atoms with Gasteiger partial charge in [-0.2, -0.15) is 0 Å². The minimum absolute atomic E-state index is 0.0153. The van der Waals surface area contributed by atoms with E-state index < -0.39 is 11.9 Å². The summed E-state index contributed by atoms with van der Waals surface area (Å²) >= 11 is 12.1. The molecule has 26 heavy (non-hydrogen) atoms. The lowest BCUT2D eigenvalue weighted by Crippen LogP contribution is -2.25. The van der Waals surface area contributed by atoms with E-state index in [-0.39, 0.29) is 18.9 Å². The Morgan fingerprint density at radius 2 is 1.96 bits per heavy atom. The Morgan fingerprint density at radius 1 is 1.23 bits per heavy atom. The summed E-state index contributed by atoms with van der Waals surface area (Å²) < 4.78 is 5.71. The molecule has 1 atom stereocenters. The lowest BCUT2D eigenvalue weighted by molar-refractivity contribution is -0.141. The van der Waals surface area contributed by atoms with E-state index in [0.717, 1.165) is 0 Å². The molecule has 0 spiro atoms. The number of hydrogen-bond donors (Lipinski definition) is 1. The van der Waals surface area contributed by atoms with Crippen molar-refractivity contribution in [2.24, 2.45) is 5.92 Å². The maximum absolute atomic E-state index is 12.0. The number of nitrogens with zero attached hydrogens (tertiary/aromatic N) is 2. The molecule has 1 unspecified atom stereocenters. The second-order valence-corrected chi connectivity index (χ2v) is 6.89. The van der Waals surface area contributed by atoms with E-state index in [0.29, 0.717) is 38.3 Å². The highest BCUT2D eigenvalue weighted by Crippen LogP contribution is 2.33. The number of carbonyl (C=O) groups excluding carboxylic acids is 1. The number of amides is 1. The highest BCUT2D eigenvalue weighted by molar-refractivity contribution is 6.38. The zero-order valence-electron chi connectivity index (χ0n) is 13.3. The summed E-state index contributed by atoms with van der Waals surface area (Å²) in [6, 6.07) is 10.2. The van der Waals surface area contributed by atoms with Crippen molar-refractivity contribution in [3.05, 3.63) is 46.4 Å². The fourth-order valence-electron chi connectivity index (χ4n) is 2.99. The van der Waals surface area contributed by atoms with E-state index in [1.807, 2.05) is 0 Å². The van der Waals surface area contributed by atoms with E-state index >= 15 is 0 Å². The lowest BCUT2D eigenvalue weighted by atomic mass is 10.1. The average Bonchev–Trinajstić information content (AvgIpc) is 3.19. The Morgan fingerprint density at radius 3 is 2.62 bits per heavy atom. The quantitative estimate of drug-likeness (QED) is 0.722. The summed E-state index contributed by atoms with van der Waals surface area (Å²) in [5, 5.41) is 9.93. The molecule has 3 aromatic rings. The van der Waals surface area contributed by atoms with Gasteiger partial charge in [0, 0.05) is 29.2 Å². The molecule has 0 aliphatic carbocycles. The van der Waals surface area contributed by atoms with Gasteiger partial charge in [0.2, 0.25) is 11.8 Å². The topological polar surface area (TPSA) is 83.6 Å². The number of carboxylic acid groups (broad SMARTS) is 1. The van der Waals surface area contributed by atoms with Crippen LogP contribution in [0.2, 0.25) is 10.0 Å². The molecule has 132 valence electrons. The van der Waals surface area contributed by atoms with Gasteiger partial charge in [-0.15, -0.1) is 0 Å². The fraction of sp³-hybridized carbons (Fsp3) is 0.167. The first kappa shape index (κ1) is 16.9. The third kappa shape index (κ3) is 2.91. The summed E-state index contributed by atoms with van der Waals surface area (Å²) in [5.41, 5.74) is 2.35. The first-order valence-corrected chi connectivity index (χ1v) is 8.57. The Labute approximate surface area is 157 Å². The Kier molecular flexibility index (Phi) is 4.09. The number of benzene rings is 2. The van der Waals surface area contributed by atoms with Crippen molar-refractivity contribution in [2.45, 2.75) is 6.42 Å². The molecule has 1 saturated heterocycles. The standard InChI is InChI=1S/C18H12Cl2N2O4/c19-11-6-13(20)16-14(7-11)21-17(26-16)9-1-3-12(4-2-9)22-8-10(18(24)25)5-15(22)23/h1-4,6-7,10H,5,8H2,(H,24,25). The van der Waals surface area contributed by atoms with Crippen LogP contribution >= 0.6 is 23.2 Å². The molecule has 2 aromatic carbocycles. The van der Waals surface area contributed by atoms with Gasteiger partial charge in [-0.3, -0.25) is 9.59 Å². The molecule has 1 amide bonds. The number of carbonyl (C=O) groups is 2. The number of anilines is 1. The monoisotopic (exact) mass is 390 g/mol. The first-order chi connectivity index (χ1) is 12.4. The SMILES string of the molecule is O=C(O)C1CC(=O)N(c2ccc(-c3nc4cc(Cl)cc(Cl)c4o3)cc2)C1. The minimum atomic E-state index is -0.959. The molecule has 1 N–H and O–H groups in total. The van der Waals surface area contributed by atoms with Crippen LogP contribution in [0.15, 0.2) is 40.8 Å². The number of aromatic nitrogens is 1. The van der Waals surface area contributed by atoms with Gasteiger partial charge in [0.15, 0.2) is 5.58 Å². The Hall–Kier alpha value is -2.57. The van der Waals surface area contributed by atoms with E-state index in [4.69, 9.17) is 32.7 Å². The molecule has 1 aliphatic heterocycles.